The molecule has 1 heterocycles. The van der Waals surface area contributed by atoms with E-state index in [9.17, 15) is 0 Å². The van der Waals surface area contributed by atoms with Crippen LogP contribution in [0.25, 0.3) is 0 Å². The van der Waals surface area contributed by atoms with Crippen molar-refractivity contribution in [3.05, 3.63) is 45.2 Å². The number of nitrogens with zero attached hydrogens (tertiary/aromatic N) is 3. The minimum Gasteiger partial charge on any atom is -0.489 e. The van der Waals surface area contributed by atoms with Gasteiger partial charge in [0.2, 0.25) is 0 Å². The summed E-state index contributed by atoms with van der Waals surface area (Å²) in [6.07, 6.45) is 1.75. The minimum atomic E-state index is 0.372. The van der Waals surface area contributed by atoms with Crippen LogP contribution in [0.4, 0.5) is 0 Å². The van der Waals surface area contributed by atoms with Crippen LogP contribution in [0.2, 0.25) is 15.1 Å². The molecule has 0 fully saturated rings. The second kappa shape index (κ2) is 9.75. The highest BCUT2D eigenvalue weighted by Crippen LogP contribution is 2.35. The molecule has 2 rings (SSSR count). The predicted octanol–water partition coefficient (Wildman–Crippen LogP) is 3.51. The first kappa shape index (κ1) is 19.7. The molecule has 9 heteroatoms. The van der Waals surface area contributed by atoms with Crippen molar-refractivity contribution in [1.29, 1.82) is 0 Å². The number of aliphatic imine (C=N–C) groups is 1. The van der Waals surface area contributed by atoms with Crippen molar-refractivity contribution in [2.75, 3.05) is 19.7 Å². The number of nitrogens with one attached hydrogen (secondary N) is 2. The number of guanidine groups is 1. The van der Waals surface area contributed by atoms with Crippen LogP contribution in [0.3, 0.4) is 0 Å². The first-order chi connectivity index (χ1) is 12.0. The number of ether oxygens (including phenoxy) is 1. The molecule has 0 unspecified atom stereocenters. The van der Waals surface area contributed by atoms with Crippen molar-refractivity contribution in [2.24, 2.45) is 12.0 Å². The van der Waals surface area contributed by atoms with Crippen LogP contribution in [0.1, 0.15) is 12.6 Å². The average Bonchev–Trinajstić information content (AvgIpc) is 2.96. The Balaban J connectivity index is 1.86. The van der Waals surface area contributed by atoms with Gasteiger partial charge >= 0.3 is 0 Å². The number of benzene rings is 1. The summed E-state index contributed by atoms with van der Waals surface area (Å²) >= 11 is 18.1. The Morgan fingerprint density at radius 2 is 1.96 bits per heavy atom. The minimum absolute atomic E-state index is 0.372. The first-order valence-electron chi connectivity index (χ1n) is 7.77. The fourth-order valence-electron chi connectivity index (χ4n) is 2.05. The van der Waals surface area contributed by atoms with Crippen molar-refractivity contribution in [3.63, 3.8) is 0 Å². The van der Waals surface area contributed by atoms with E-state index in [1.54, 1.807) is 23.0 Å². The van der Waals surface area contributed by atoms with Crippen LogP contribution in [0.15, 0.2) is 29.4 Å². The van der Waals surface area contributed by atoms with Gasteiger partial charge in [-0.1, -0.05) is 34.8 Å². The molecule has 0 saturated carbocycles. The zero-order valence-electron chi connectivity index (χ0n) is 14.0. The zero-order chi connectivity index (χ0) is 18.2. The van der Waals surface area contributed by atoms with Gasteiger partial charge in [0.25, 0.3) is 0 Å². The van der Waals surface area contributed by atoms with Gasteiger partial charge in [-0.25, -0.2) is 4.99 Å². The van der Waals surface area contributed by atoms with Gasteiger partial charge in [0, 0.05) is 24.8 Å². The Morgan fingerprint density at radius 3 is 2.56 bits per heavy atom. The number of aryl methyl sites for hydroxylation is 1. The summed E-state index contributed by atoms with van der Waals surface area (Å²) in [5.74, 6) is 1.12. The molecule has 0 aliphatic heterocycles. The van der Waals surface area contributed by atoms with E-state index in [0.29, 0.717) is 46.5 Å². The van der Waals surface area contributed by atoms with E-state index in [0.717, 1.165) is 12.2 Å². The topological polar surface area (TPSA) is 63.5 Å². The van der Waals surface area contributed by atoms with Gasteiger partial charge in [-0.2, -0.15) is 5.10 Å². The maximum Gasteiger partial charge on any atom is 0.191 e. The van der Waals surface area contributed by atoms with E-state index in [2.05, 4.69) is 20.7 Å². The number of aromatic nitrogens is 2. The van der Waals surface area contributed by atoms with Gasteiger partial charge in [-0.3, -0.25) is 4.68 Å². The second-order valence-electron chi connectivity index (χ2n) is 5.12. The molecule has 2 aromatic rings. The standard InChI is InChI=1S/C16H20Cl3N5O/c1-3-20-16(22-10-12-4-5-23-24(12)2)21-6-7-25-15-13(18)8-11(17)9-14(15)19/h4-5,8-9H,3,6-7,10H2,1-2H3,(H2,20,21,22). The maximum absolute atomic E-state index is 6.09. The van der Waals surface area contributed by atoms with Gasteiger partial charge in [0.1, 0.15) is 6.61 Å². The molecule has 25 heavy (non-hydrogen) atoms. The summed E-state index contributed by atoms with van der Waals surface area (Å²) in [5, 5.41) is 11.7. The lowest BCUT2D eigenvalue weighted by atomic mass is 10.3. The van der Waals surface area contributed by atoms with Gasteiger partial charge in [-0.05, 0) is 25.1 Å². The molecule has 0 saturated heterocycles. The molecular weight excluding hydrogens is 385 g/mol. The van der Waals surface area contributed by atoms with Gasteiger partial charge < -0.3 is 15.4 Å². The van der Waals surface area contributed by atoms with Crippen LogP contribution in [0, 0.1) is 0 Å². The number of hydrogen-bond donors (Lipinski definition) is 2. The predicted molar refractivity (Wildman–Crippen MR) is 103 cm³/mol. The lowest BCUT2D eigenvalue weighted by molar-refractivity contribution is 0.322. The average molecular weight is 405 g/mol. The van der Waals surface area contributed by atoms with E-state index in [1.165, 1.54) is 0 Å². The number of hydrogen-bond acceptors (Lipinski definition) is 3. The van der Waals surface area contributed by atoms with Crippen molar-refractivity contribution in [3.8, 4) is 5.75 Å². The Hall–Kier alpha value is -1.63. The third kappa shape index (κ3) is 5.99. The lowest BCUT2D eigenvalue weighted by Gasteiger charge is -2.13. The molecule has 0 atom stereocenters. The Kier molecular flexibility index (Phi) is 7.68. The van der Waals surface area contributed by atoms with Crippen molar-refractivity contribution < 1.29 is 4.74 Å². The lowest BCUT2D eigenvalue weighted by Crippen LogP contribution is -2.39. The van der Waals surface area contributed by atoms with Crippen LogP contribution in [-0.2, 0) is 13.6 Å². The summed E-state index contributed by atoms with van der Waals surface area (Å²) in [4.78, 5) is 4.52. The van der Waals surface area contributed by atoms with Crippen LogP contribution in [0.5, 0.6) is 5.75 Å². The van der Waals surface area contributed by atoms with E-state index in [-0.39, 0.29) is 0 Å². The van der Waals surface area contributed by atoms with Gasteiger partial charge in [0.05, 0.1) is 28.8 Å². The fourth-order valence-corrected chi connectivity index (χ4v) is 2.97. The molecule has 0 spiro atoms. The highest BCUT2D eigenvalue weighted by Gasteiger charge is 2.09. The smallest absolute Gasteiger partial charge is 0.191 e. The molecule has 0 radical (unpaired) electrons. The molecule has 6 nitrogen and oxygen atoms in total. The molecule has 1 aromatic heterocycles. The Morgan fingerprint density at radius 1 is 1.24 bits per heavy atom. The molecule has 0 aliphatic carbocycles. The van der Waals surface area contributed by atoms with Gasteiger partial charge in [-0.15, -0.1) is 0 Å². The van der Waals surface area contributed by atoms with Crippen LogP contribution < -0.4 is 15.4 Å². The highest BCUT2D eigenvalue weighted by molar-refractivity contribution is 6.40. The van der Waals surface area contributed by atoms with Crippen LogP contribution in [-0.4, -0.2) is 35.4 Å². The monoisotopic (exact) mass is 403 g/mol. The number of halogens is 3. The van der Waals surface area contributed by atoms with E-state index >= 15 is 0 Å². The molecule has 1 aromatic carbocycles. The number of rotatable bonds is 7. The Labute approximate surface area is 162 Å². The second-order valence-corrected chi connectivity index (χ2v) is 6.37. The van der Waals surface area contributed by atoms with Gasteiger partial charge in [0.15, 0.2) is 11.7 Å². The van der Waals surface area contributed by atoms with E-state index < -0.39 is 0 Å². The molecule has 0 bridgehead atoms. The summed E-state index contributed by atoms with van der Waals surface area (Å²) in [7, 11) is 1.89. The third-order valence-corrected chi connectivity index (χ3v) is 4.05. The van der Waals surface area contributed by atoms with Crippen LogP contribution >= 0.6 is 34.8 Å². The summed E-state index contributed by atoms with van der Waals surface area (Å²) in [5.41, 5.74) is 1.02. The van der Waals surface area contributed by atoms with Crippen molar-refractivity contribution in [1.82, 2.24) is 20.4 Å². The summed E-state index contributed by atoms with van der Waals surface area (Å²) in [6, 6.07) is 5.12. The first-order valence-corrected chi connectivity index (χ1v) is 8.91. The third-order valence-electron chi connectivity index (χ3n) is 3.27. The molecule has 136 valence electrons. The molecular formula is C16H20Cl3N5O. The van der Waals surface area contributed by atoms with Crippen molar-refractivity contribution >= 4 is 40.8 Å². The largest absolute Gasteiger partial charge is 0.489 e. The summed E-state index contributed by atoms with van der Waals surface area (Å²) in [6.45, 7) is 4.20. The normalized spacial score (nSPS) is 11.5. The molecule has 0 aliphatic rings. The zero-order valence-corrected chi connectivity index (χ0v) is 16.3. The highest BCUT2D eigenvalue weighted by atomic mass is 35.5. The van der Waals surface area contributed by atoms with Crippen molar-refractivity contribution in [2.45, 2.75) is 13.5 Å². The maximum atomic E-state index is 6.09. The van der Waals surface area contributed by atoms with E-state index in [1.807, 2.05) is 20.0 Å². The van der Waals surface area contributed by atoms with E-state index in [4.69, 9.17) is 39.5 Å². The SMILES string of the molecule is CCNC(=NCc1ccnn1C)NCCOc1c(Cl)cc(Cl)cc1Cl. The quantitative estimate of drug-likeness (QED) is 0.421. The fraction of sp³-hybridized carbons (Fsp3) is 0.375. The summed E-state index contributed by atoms with van der Waals surface area (Å²) < 4.78 is 7.43. The molecule has 0 amide bonds. The molecule has 2 N–H and O–H groups in total. The Bertz CT molecular complexity index is 709.